The van der Waals surface area contributed by atoms with Gasteiger partial charge in [-0.2, -0.15) is 0 Å². The summed E-state index contributed by atoms with van der Waals surface area (Å²) in [6.07, 6.45) is 9.87. The summed E-state index contributed by atoms with van der Waals surface area (Å²) in [5.74, 6) is 0.464. The second-order valence-corrected chi connectivity index (χ2v) is 8.83. The Bertz CT molecular complexity index is 753. The van der Waals surface area contributed by atoms with E-state index in [1.54, 1.807) is 0 Å². The maximum atomic E-state index is 8.57. The third-order valence-electron chi connectivity index (χ3n) is 5.20. The van der Waals surface area contributed by atoms with Crippen molar-refractivity contribution in [3.8, 4) is 0 Å². The zero-order valence-corrected chi connectivity index (χ0v) is 17.3. The minimum Gasteiger partial charge on any atom is -0.404 e. The van der Waals surface area contributed by atoms with Crippen molar-refractivity contribution in [2.75, 3.05) is 0 Å². The van der Waals surface area contributed by atoms with E-state index in [4.69, 9.17) is 16.6 Å². The highest BCUT2D eigenvalue weighted by atomic mass is 15.0. The predicted molar refractivity (Wildman–Crippen MR) is 117 cm³/mol. The molecule has 4 heteroatoms. The first-order valence-electron chi connectivity index (χ1n) is 9.73. The van der Waals surface area contributed by atoms with Gasteiger partial charge in [-0.15, -0.1) is 0 Å². The first-order valence-corrected chi connectivity index (χ1v) is 9.73. The SMILES string of the molecule is CCc1cc(/C(C=N)=C/N)ccc1C(=N)/C=C\C1CC(C)(C)NC(C)(C)C1. The van der Waals surface area contributed by atoms with E-state index in [2.05, 4.69) is 46.0 Å². The number of hydrogen-bond donors (Lipinski definition) is 4. The quantitative estimate of drug-likeness (QED) is 0.551. The second kappa shape index (κ2) is 8.22. The van der Waals surface area contributed by atoms with Gasteiger partial charge in [-0.05, 0) is 70.1 Å². The molecule has 1 aromatic rings. The summed E-state index contributed by atoms with van der Waals surface area (Å²) in [6.45, 7) is 11.1. The van der Waals surface area contributed by atoms with Crippen molar-refractivity contribution in [3.63, 3.8) is 0 Å². The molecule has 0 radical (unpaired) electrons. The number of benzene rings is 1. The van der Waals surface area contributed by atoms with Crippen molar-refractivity contribution in [3.05, 3.63) is 53.2 Å². The molecule has 0 atom stereocenters. The Kier molecular flexibility index (Phi) is 6.42. The van der Waals surface area contributed by atoms with E-state index in [1.807, 2.05) is 24.3 Å². The summed E-state index contributed by atoms with van der Waals surface area (Å²) in [6, 6.07) is 5.96. The van der Waals surface area contributed by atoms with Gasteiger partial charge in [0.15, 0.2) is 0 Å². The van der Waals surface area contributed by atoms with E-state index in [9.17, 15) is 0 Å². The average Bonchev–Trinajstić information content (AvgIpc) is 2.58. The van der Waals surface area contributed by atoms with Gasteiger partial charge in [0, 0.05) is 34.6 Å². The van der Waals surface area contributed by atoms with Crippen LogP contribution in [-0.2, 0) is 6.42 Å². The third-order valence-corrected chi connectivity index (χ3v) is 5.20. The molecule has 1 aliphatic rings. The maximum absolute atomic E-state index is 8.57. The normalized spacial score (nSPS) is 20.0. The van der Waals surface area contributed by atoms with Crippen LogP contribution in [-0.4, -0.2) is 23.0 Å². The summed E-state index contributed by atoms with van der Waals surface area (Å²) in [5.41, 5.74) is 10.0. The summed E-state index contributed by atoms with van der Waals surface area (Å²) < 4.78 is 0. The van der Waals surface area contributed by atoms with Crippen molar-refractivity contribution < 1.29 is 0 Å². The summed E-state index contributed by atoms with van der Waals surface area (Å²) in [4.78, 5) is 0. The van der Waals surface area contributed by atoms with Gasteiger partial charge in [0.2, 0.25) is 0 Å². The molecule has 146 valence electrons. The van der Waals surface area contributed by atoms with E-state index in [0.717, 1.165) is 36.0 Å². The summed E-state index contributed by atoms with van der Waals surface area (Å²) in [5, 5.41) is 19.8. The fraction of sp³-hybridized carbons (Fsp3) is 0.478. The molecule has 27 heavy (non-hydrogen) atoms. The van der Waals surface area contributed by atoms with E-state index in [1.165, 1.54) is 12.4 Å². The zero-order valence-electron chi connectivity index (χ0n) is 17.3. The lowest BCUT2D eigenvalue weighted by Crippen LogP contribution is -2.57. The molecule has 0 aromatic heterocycles. The fourth-order valence-electron chi connectivity index (χ4n) is 4.42. The highest BCUT2D eigenvalue weighted by Gasteiger charge is 2.36. The van der Waals surface area contributed by atoms with Gasteiger partial charge in [-0.1, -0.05) is 31.2 Å². The smallest absolute Gasteiger partial charge is 0.0611 e. The molecule has 1 aliphatic heterocycles. The standard InChI is InChI=1S/C23H34N4/c1-6-17-11-18(19(14-24)15-25)8-9-20(17)21(26)10-7-16-12-22(2,3)27-23(4,5)13-16/h7-11,14-16,24,26-27H,6,12-13,25H2,1-5H3/b10-7-,19-15+,24-14?,26-21?. The lowest BCUT2D eigenvalue weighted by Gasteiger charge is -2.45. The van der Waals surface area contributed by atoms with Crippen LogP contribution in [0.5, 0.6) is 0 Å². The van der Waals surface area contributed by atoms with Crippen LogP contribution >= 0.6 is 0 Å². The molecule has 0 unspecified atom stereocenters. The Morgan fingerprint density at radius 3 is 2.37 bits per heavy atom. The molecule has 4 nitrogen and oxygen atoms in total. The molecule has 2 rings (SSSR count). The Morgan fingerprint density at radius 2 is 1.85 bits per heavy atom. The van der Waals surface area contributed by atoms with Crippen molar-refractivity contribution in [2.24, 2.45) is 11.7 Å². The number of nitrogens with one attached hydrogen (secondary N) is 3. The van der Waals surface area contributed by atoms with Gasteiger partial charge in [-0.3, -0.25) is 0 Å². The van der Waals surface area contributed by atoms with Crippen LogP contribution in [0.2, 0.25) is 0 Å². The molecule has 0 aliphatic carbocycles. The van der Waals surface area contributed by atoms with Crippen molar-refractivity contribution in [1.29, 1.82) is 10.8 Å². The van der Waals surface area contributed by atoms with Crippen molar-refractivity contribution >= 4 is 17.5 Å². The minimum absolute atomic E-state index is 0.104. The van der Waals surface area contributed by atoms with Gasteiger partial charge < -0.3 is 21.9 Å². The first-order chi connectivity index (χ1) is 12.6. The Hall–Kier alpha value is -2.20. The Balaban J connectivity index is 2.22. The van der Waals surface area contributed by atoms with Crippen LogP contribution in [0, 0.1) is 16.7 Å². The summed E-state index contributed by atoms with van der Waals surface area (Å²) in [7, 11) is 0. The molecule has 1 heterocycles. The van der Waals surface area contributed by atoms with Gasteiger partial charge in [0.1, 0.15) is 0 Å². The number of hydrogen-bond acceptors (Lipinski definition) is 4. The summed E-state index contributed by atoms with van der Waals surface area (Å²) >= 11 is 0. The van der Waals surface area contributed by atoms with Crippen LogP contribution in [0.25, 0.3) is 5.57 Å². The molecule has 0 bridgehead atoms. The number of rotatable bonds is 6. The van der Waals surface area contributed by atoms with E-state index in [0.29, 0.717) is 17.2 Å². The van der Waals surface area contributed by atoms with E-state index in [-0.39, 0.29) is 11.1 Å². The lowest BCUT2D eigenvalue weighted by molar-refractivity contribution is 0.150. The molecule has 1 aromatic carbocycles. The number of piperidine rings is 1. The zero-order chi connectivity index (χ0) is 20.2. The molecular formula is C23H34N4. The van der Waals surface area contributed by atoms with E-state index >= 15 is 0 Å². The van der Waals surface area contributed by atoms with Gasteiger partial charge >= 0.3 is 0 Å². The van der Waals surface area contributed by atoms with Crippen LogP contribution < -0.4 is 11.1 Å². The minimum atomic E-state index is 0.104. The molecular weight excluding hydrogens is 332 g/mol. The highest BCUT2D eigenvalue weighted by molar-refractivity contribution is 6.10. The van der Waals surface area contributed by atoms with Crippen LogP contribution in [0.4, 0.5) is 0 Å². The number of allylic oxidation sites excluding steroid dienone is 3. The van der Waals surface area contributed by atoms with Gasteiger partial charge in [0.25, 0.3) is 0 Å². The van der Waals surface area contributed by atoms with Gasteiger partial charge in [0.05, 0.1) is 5.71 Å². The van der Waals surface area contributed by atoms with Crippen molar-refractivity contribution in [1.82, 2.24) is 5.32 Å². The fourth-order valence-corrected chi connectivity index (χ4v) is 4.42. The number of aryl methyl sites for hydroxylation is 1. The lowest BCUT2D eigenvalue weighted by atomic mass is 9.75. The Morgan fingerprint density at radius 1 is 1.22 bits per heavy atom. The second-order valence-electron chi connectivity index (χ2n) is 8.83. The number of nitrogens with two attached hydrogens (primary N) is 1. The first kappa shape index (κ1) is 21.1. The molecule has 1 saturated heterocycles. The van der Waals surface area contributed by atoms with Crippen LogP contribution in [0.3, 0.4) is 0 Å². The molecule has 0 spiro atoms. The van der Waals surface area contributed by atoms with Crippen LogP contribution in [0.1, 0.15) is 64.2 Å². The van der Waals surface area contributed by atoms with Crippen LogP contribution in [0.15, 0.2) is 36.6 Å². The molecule has 5 N–H and O–H groups in total. The highest BCUT2D eigenvalue weighted by Crippen LogP contribution is 2.33. The topological polar surface area (TPSA) is 85.8 Å². The van der Waals surface area contributed by atoms with E-state index < -0.39 is 0 Å². The third kappa shape index (κ3) is 5.39. The molecule has 1 fully saturated rings. The largest absolute Gasteiger partial charge is 0.404 e. The van der Waals surface area contributed by atoms with Crippen molar-refractivity contribution in [2.45, 2.75) is 65.0 Å². The maximum Gasteiger partial charge on any atom is 0.0611 e. The molecule has 0 amide bonds. The Labute approximate surface area is 164 Å². The average molecular weight is 367 g/mol. The van der Waals surface area contributed by atoms with Gasteiger partial charge in [-0.25, -0.2) is 0 Å². The molecule has 0 saturated carbocycles. The predicted octanol–water partition coefficient (Wildman–Crippen LogP) is 4.68. The monoisotopic (exact) mass is 366 g/mol.